The number of halogens is 1. The van der Waals surface area contributed by atoms with Crippen molar-refractivity contribution in [3.05, 3.63) is 88.1 Å². The van der Waals surface area contributed by atoms with Crippen LogP contribution in [0.25, 0.3) is 5.57 Å². The van der Waals surface area contributed by atoms with E-state index < -0.39 is 6.17 Å². The molecule has 4 rings (SSSR count). The van der Waals surface area contributed by atoms with Crippen LogP contribution in [0.15, 0.2) is 65.3 Å². The van der Waals surface area contributed by atoms with E-state index in [4.69, 9.17) is 4.99 Å². The molecule has 1 heterocycles. The quantitative estimate of drug-likeness (QED) is 0.487. The number of rotatable bonds is 6. The summed E-state index contributed by atoms with van der Waals surface area (Å²) in [5, 5.41) is 0. The summed E-state index contributed by atoms with van der Waals surface area (Å²) in [5.41, 5.74) is 9.71. The first-order valence-corrected chi connectivity index (χ1v) is 10.8. The van der Waals surface area contributed by atoms with Gasteiger partial charge in [0, 0.05) is 17.7 Å². The molecule has 1 aliphatic carbocycles. The van der Waals surface area contributed by atoms with Crippen LogP contribution in [0.2, 0.25) is 0 Å². The molecule has 1 nitrogen and oxygen atoms in total. The van der Waals surface area contributed by atoms with Gasteiger partial charge in [0.25, 0.3) is 0 Å². The van der Waals surface area contributed by atoms with Gasteiger partial charge in [-0.25, -0.2) is 4.39 Å². The van der Waals surface area contributed by atoms with Crippen molar-refractivity contribution in [2.45, 2.75) is 65.0 Å². The van der Waals surface area contributed by atoms with Gasteiger partial charge in [0.2, 0.25) is 0 Å². The molecule has 2 heteroatoms. The minimum Gasteiger partial charge on any atom is -0.257 e. The Bertz CT molecular complexity index is 972. The fourth-order valence-electron chi connectivity index (χ4n) is 3.94. The van der Waals surface area contributed by atoms with Crippen LogP contribution in [-0.2, 0) is 0 Å². The second-order valence-electron chi connectivity index (χ2n) is 8.55. The Balaban J connectivity index is 1.77. The first-order chi connectivity index (χ1) is 14.0. The molecule has 0 radical (unpaired) electrons. The van der Waals surface area contributed by atoms with Gasteiger partial charge in [-0.1, -0.05) is 48.5 Å². The first kappa shape index (κ1) is 19.8. The van der Waals surface area contributed by atoms with Gasteiger partial charge in [-0.3, -0.25) is 4.99 Å². The highest BCUT2D eigenvalue weighted by atomic mass is 19.1. The summed E-state index contributed by atoms with van der Waals surface area (Å²) in [6, 6.07) is 15.7. The van der Waals surface area contributed by atoms with Crippen molar-refractivity contribution in [1.29, 1.82) is 0 Å². The molecule has 0 saturated heterocycles. The molecule has 1 atom stereocenters. The Morgan fingerprint density at radius 1 is 1.03 bits per heavy atom. The molecule has 2 aromatic carbocycles. The summed E-state index contributed by atoms with van der Waals surface area (Å²) < 4.78 is 13.3. The van der Waals surface area contributed by atoms with E-state index in [1.54, 1.807) is 6.92 Å². The molecule has 1 unspecified atom stereocenters. The molecular formula is C27H30FN. The predicted octanol–water partition coefficient (Wildman–Crippen LogP) is 7.48. The average molecular weight is 388 g/mol. The summed E-state index contributed by atoms with van der Waals surface area (Å²) in [6.45, 7) is 5.93. The molecule has 2 aromatic rings. The lowest BCUT2D eigenvalue weighted by Crippen LogP contribution is -2.05. The number of alkyl halides is 1. The van der Waals surface area contributed by atoms with Gasteiger partial charge in [-0.15, -0.1) is 0 Å². The van der Waals surface area contributed by atoms with E-state index in [2.05, 4.69) is 68.5 Å². The van der Waals surface area contributed by atoms with Gasteiger partial charge in [-0.2, -0.15) is 0 Å². The van der Waals surface area contributed by atoms with Gasteiger partial charge in [0.15, 0.2) is 0 Å². The standard InChI is InChI=1S/C27H30FN/c1-18-7-9-24(17-19(18)2)27(23-14-12-22(13-15-23)21-10-11-21)26-6-4-5-25(29-26)16-8-20(3)28/h4-5,7,9,12-15,17,20-21H,6,8,10-11,16H2,1-3H3/b27-26+. The lowest BCUT2D eigenvalue weighted by atomic mass is 9.91. The highest BCUT2D eigenvalue weighted by Gasteiger charge is 2.23. The molecule has 0 N–H and O–H groups in total. The number of hydrogen-bond donors (Lipinski definition) is 0. The van der Waals surface area contributed by atoms with Crippen LogP contribution >= 0.6 is 0 Å². The number of allylic oxidation sites excluding steroid dienone is 2. The van der Waals surface area contributed by atoms with Crippen LogP contribution in [0.1, 0.15) is 72.8 Å². The van der Waals surface area contributed by atoms with Crippen LogP contribution in [0.5, 0.6) is 0 Å². The maximum atomic E-state index is 13.3. The number of nitrogens with zero attached hydrogens (tertiary/aromatic N) is 1. The SMILES string of the molecule is Cc1ccc(/C(=C2\CC=CC(CCC(C)F)=N2)c2ccc(C3CC3)cc2)cc1C. The molecule has 29 heavy (non-hydrogen) atoms. The third-order valence-corrected chi connectivity index (χ3v) is 6.03. The summed E-state index contributed by atoms with van der Waals surface area (Å²) in [4.78, 5) is 4.97. The second kappa shape index (κ2) is 8.49. The summed E-state index contributed by atoms with van der Waals surface area (Å²) in [7, 11) is 0. The van der Waals surface area contributed by atoms with E-state index in [1.165, 1.54) is 46.2 Å². The van der Waals surface area contributed by atoms with E-state index in [0.717, 1.165) is 23.7 Å². The molecule has 1 saturated carbocycles. The number of hydrogen-bond acceptors (Lipinski definition) is 1. The molecule has 0 spiro atoms. The monoisotopic (exact) mass is 387 g/mol. The molecule has 0 amide bonds. The molecule has 1 aliphatic heterocycles. The zero-order chi connectivity index (χ0) is 20.4. The smallest absolute Gasteiger partial charge is 0.0977 e. The summed E-state index contributed by atoms with van der Waals surface area (Å²) in [6.07, 6.45) is 8.06. The molecule has 0 aromatic heterocycles. The molecular weight excluding hydrogens is 357 g/mol. The third kappa shape index (κ3) is 4.75. The summed E-state index contributed by atoms with van der Waals surface area (Å²) >= 11 is 0. The van der Waals surface area contributed by atoms with Crippen molar-refractivity contribution in [1.82, 2.24) is 0 Å². The second-order valence-corrected chi connectivity index (χ2v) is 8.55. The maximum absolute atomic E-state index is 13.3. The normalized spacial score (nSPS) is 19.1. The van der Waals surface area contributed by atoms with Gasteiger partial charge in [0.05, 0.1) is 11.9 Å². The number of dihydropyridines is 1. The van der Waals surface area contributed by atoms with E-state index in [1.807, 2.05) is 0 Å². The molecule has 150 valence electrons. The van der Waals surface area contributed by atoms with Crippen molar-refractivity contribution in [3.8, 4) is 0 Å². The average Bonchev–Trinajstić information content (AvgIpc) is 3.56. The van der Waals surface area contributed by atoms with Crippen molar-refractivity contribution in [3.63, 3.8) is 0 Å². The lowest BCUT2D eigenvalue weighted by molar-refractivity contribution is 0.346. The number of aryl methyl sites for hydroxylation is 2. The predicted molar refractivity (Wildman–Crippen MR) is 121 cm³/mol. The Hall–Kier alpha value is -2.48. The van der Waals surface area contributed by atoms with Gasteiger partial charge < -0.3 is 0 Å². The lowest BCUT2D eigenvalue weighted by Gasteiger charge is -2.18. The van der Waals surface area contributed by atoms with Crippen LogP contribution < -0.4 is 0 Å². The van der Waals surface area contributed by atoms with E-state index in [0.29, 0.717) is 12.8 Å². The highest BCUT2D eigenvalue weighted by Crippen LogP contribution is 2.41. The number of benzene rings is 2. The third-order valence-electron chi connectivity index (χ3n) is 6.03. The van der Waals surface area contributed by atoms with Crippen LogP contribution in [0, 0.1) is 13.8 Å². The summed E-state index contributed by atoms with van der Waals surface area (Å²) in [5.74, 6) is 0.756. The van der Waals surface area contributed by atoms with Crippen molar-refractivity contribution < 1.29 is 4.39 Å². The maximum Gasteiger partial charge on any atom is 0.0977 e. The zero-order valence-corrected chi connectivity index (χ0v) is 17.7. The van der Waals surface area contributed by atoms with Gasteiger partial charge in [-0.05, 0) is 86.3 Å². The zero-order valence-electron chi connectivity index (χ0n) is 17.7. The van der Waals surface area contributed by atoms with Crippen LogP contribution in [0.4, 0.5) is 4.39 Å². The molecule has 0 bridgehead atoms. The van der Waals surface area contributed by atoms with Crippen molar-refractivity contribution in [2.24, 2.45) is 4.99 Å². The Kier molecular flexibility index (Phi) is 5.80. The Morgan fingerprint density at radius 2 is 1.76 bits per heavy atom. The topological polar surface area (TPSA) is 12.4 Å². The Morgan fingerprint density at radius 3 is 2.41 bits per heavy atom. The number of aliphatic imine (C=N–C) groups is 1. The van der Waals surface area contributed by atoms with E-state index >= 15 is 0 Å². The van der Waals surface area contributed by atoms with Crippen LogP contribution in [-0.4, -0.2) is 11.9 Å². The molecule has 1 fully saturated rings. The molecule has 2 aliphatic rings. The highest BCUT2D eigenvalue weighted by molar-refractivity contribution is 5.98. The van der Waals surface area contributed by atoms with Gasteiger partial charge >= 0.3 is 0 Å². The van der Waals surface area contributed by atoms with E-state index in [9.17, 15) is 4.39 Å². The van der Waals surface area contributed by atoms with Crippen LogP contribution in [0.3, 0.4) is 0 Å². The van der Waals surface area contributed by atoms with Crippen molar-refractivity contribution >= 4 is 11.3 Å². The van der Waals surface area contributed by atoms with Gasteiger partial charge in [0.1, 0.15) is 0 Å². The fraction of sp³-hybridized carbons (Fsp3) is 0.370. The van der Waals surface area contributed by atoms with Crippen molar-refractivity contribution in [2.75, 3.05) is 0 Å². The fourth-order valence-corrected chi connectivity index (χ4v) is 3.94. The minimum absolute atomic E-state index is 0.519. The first-order valence-electron chi connectivity index (χ1n) is 10.8. The Labute approximate surface area is 174 Å². The minimum atomic E-state index is -0.797. The van der Waals surface area contributed by atoms with E-state index in [-0.39, 0.29) is 0 Å². The largest absolute Gasteiger partial charge is 0.257 e.